The highest BCUT2D eigenvalue weighted by molar-refractivity contribution is 7.26. The molecule has 0 aliphatic rings. The van der Waals surface area contributed by atoms with E-state index in [9.17, 15) is 0 Å². The van der Waals surface area contributed by atoms with E-state index in [4.69, 9.17) is 9.40 Å². The topological polar surface area (TPSA) is 29.3 Å². The number of rotatable bonds is 6. The maximum atomic E-state index is 6.63. The predicted octanol–water partition coefficient (Wildman–Crippen LogP) is 13.8. The van der Waals surface area contributed by atoms with Crippen LogP contribution in [0.3, 0.4) is 0 Å². The SMILES string of the molecule is c1ccc(-c2ccc(-c3nc4ccc5sc6c(N(c7ccc(-c8ccccc8)cc7)c7ccc8ccccc8c7)cccc6c5c4o3)cc2)cc1. The van der Waals surface area contributed by atoms with Crippen LogP contribution < -0.4 is 4.90 Å². The van der Waals surface area contributed by atoms with Gasteiger partial charge in [-0.25, -0.2) is 4.98 Å². The van der Waals surface area contributed by atoms with E-state index in [1.807, 2.05) is 6.07 Å². The highest BCUT2D eigenvalue weighted by Crippen LogP contribution is 2.47. The van der Waals surface area contributed by atoms with Gasteiger partial charge in [0.25, 0.3) is 0 Å². The maximum absolute atomic E-state index is 6.63. The van der Waals surface area contributed by atoms with E-state index < -0.39 is 0 Å². The Morgan fingerprint density at radius 1 is 0.471 bits per heavy atom. The van der Waals surface area contributed by atoms with Crippen molar-refractivity contribution in [1.29, 1.82) is 0 Å². The Morgan fingerprint density at radius 3 is 1.80 bits per heavy atom. The molecule has 8 aromatic carbocycles. The average Bonchev–Trinajstić information content (AvgIpc) is 3.81. The van der Waals surface area contributed by atoms with E-state index in [1.165, 1.54) is 42.4 Å². The van der Waals surface area contributed by atoms with Gasteiger partial charge in [-0.15, -0.1) is 11.3 Å². The van der Waals surface area contributed by atoms with Crippen LogP contribution in [0, 0.1) is 0 Å². The highest BCUT2D eigenvalue weighted by atomic mass is 32.1. The summed E-state index contributed by atoms with van der Waals surface area (Å²) in [6, 6.07) is 64.5. The Kier molecular flexibility index (Phi) is 7.00. The molecule has 240 valence electrons. The molecule has 0 bridgehead atoms. The molecule has 3 nitrogen and oxygen atoms in total. The minimum Gasteiger partial charge on any atom is -0.435 e. The molecule has 2 heterocycles. The van der Waals surface area contributed by atoms with E-state index in [-0.39, 0.29) is 0 Å². The van der Waals surface area contributed by atoms with Crippen LogP contribution in [0.1, 0.15) is 0 Å². The molecule has 0 atom stereocenters. The fourth-order valence-corrected chi connectivity index (χ4v) is 8.37. The molecule has 0 saturated heterocycles. The first-order chi connectivity index (χ1) is 25.3. The van der Waals surface area contributed by atoms with E-state index >= 15 is 0 Å². The first-order valence-electron chi connectivity index (χ1n) is 17.1. The molecule has 0 N–H and O–H groups in total. The zero-order valence-electron chi connectivity index (χ0n) is 27.5. The molecule has 51 heavy (non-hydrogen) atoms. The van der Waals surface area contributed by atoms with Gasteiger partial charge in [0.15, 0.2) is 5.58 Å². The van der Waals surface area contributed by atoms with Gasteiger partial charge in [-0.1, -0.05) is 127 Å². The van der Waals surface area contributed by atoms with Gasteiger partial charge in [-0.05, 0) is 87.6 Å². The predicted molar refractivity (Wildman–Crippen MR) is 215 cm³/mol. The van der Waals surface area contributed by atoms with Crippen molar-refractivity contribution in [2.24, 2.45) is 0 Å². The van der Waals surface area contributed by atoms with E-state index in [0.29, 0.717) is 5.89 Å². The summed E-state index contributed by atoms with van der Waals surface area (Å²) in [6.45, 7) is 0. The number of nitrogens with zero attached hydrogens (tertiary/aromatic N) is 2. The van der Waals surface area contributed by atoms with Crippen molar-refractivity contribution in [1.82, 2.24) is 4.98 Å². The quantitative estimate of drug-likeness (QED) is 0.176. The summed E-state index contributed by atoms with van der Waals surface area (Å²) in [5, 5.41) is 4.69. The number of oxazole rings is 1. The summed E-state index contributed by atoms with van der Waals surface area (Å²) >= 11 is 1.80. The Hall–Kier alpha value is -6.49. The lowest BCUT2D eigenvalue weighted by Gasteiger charge is -2.26. The van der Waals surface area contributed by atoms with Gasteiger partial charge >= 0.3 is 0 Å². The van der Waals surface area contributed by atoms with Crippen molar-refractivity contribution in [3.8, 4) is 33.7 Å². The fraction of sp³-hybridized carbons (Fsp3) is 0. The van der Waals surface area contributed by atoms with Crippen molar-refractivity contribution in [3.05, 3.63) is 182 Å². The summed E-state index contributed by atoms with van der Waals surface area (Å²) in [4.78, 5) is 7.35. The lowest BCUT2D eigenvalue weighted by molar-refractivity contribution is 0.623. The Labute approximate surface area is 299 Å². The zero-order chi connectivity index (χ0) is 33.7. The summed E-state index contributed by atoms with van der Waals surface area (Å²) < 4.78 is 9.01. The second kappa shape index (κ2) is 12.1. The van der Waals surface area contributed by atoms with E-state index in [0.717, 1.165) is 44.5 Å². The normalized spacial score (nSPS) is 11.5. The molecule has 4 heteroatoms. The first-order valence-corrected chi connectivity index (χ1v) is 17.9. The minimum atomic E-state index is 0.629. The third-order valence-electron chi connectivity index (χ3n) is 9.70. The number of benzene rings is 8. The molecule has 10 rings (SSSR count). The van der Waals surface area contributed by atoms with Gasteiger partial charge in [0.1, 0.15) is 5.52 Å². The number of thiophene rings is 1. The molecule has 0 aliphatic carbocycles. The van der Waals surface area contributed by atoms with Crippen molar-refractivity contribution >= 4 is 70.4 Å². The van der Waals surface area contributed by atoms with Gasteiger partial charge in [0, 0.05) is 32.4 Å². The van der Waals surface area contributed by atoms with Crippen LogP contribution in [-0.2, 0) is 0 Å². The van der Waals surface area contributed by atoms with Crippen LogP contribution in [0.2, 0.25) is 0 Å². The van der Waals surface area contributed by atoms with Gasteiger partial charge in [-0.3, -0.25) is 0 Å². The molecular weight excluding hydrogens is 641 g/mol. The monoisotopic (exact) mass is 670 g/mol. The summed E-state index contributed by atoms with van der Waals surface area (Å²) in [6.07, 6.45) is 0. The number of hydrogen-bond donors (Lipinski definition) is 0. The number of anilines is 3. The summed E-state index contributed by atoms with van der Waals surface area (Å²) in [5.74, 6) is 0.629. The molecule has 10 aromatic rings. The third-order valence-corrected chi connectivity index (χ3v) is 10.9. The standard InChI is InChI=1S/C47H30N2OS/c1-3-10-31(11-4-1)34-18-20-36(21-19-34)47-48-41-28-29-43-44(45(41)50-47)40-16-9-17-42(46(40)51-43)49(39-27-24-33-14-7-8-15-37(33)30-39)38-25-22-35(23-26-38)32-12-5-2-6-13-32/h1-30H. The molecule has 0 radical (unpaired) electrons. The zero-order valence-corrected chi connectivity index (χ0v) is 28.3. The second-order valence-electron chi connectivity index (χ2n) is 12.8. The molecular formula is C47H30N2OS. The van der Waals surface area contributed by atoms with Crippen molar-refractivity contribution in [2.75, 3.05) is 4.90 Å². The van der Waals surface area contributed by atoms with Crippen LogP contribution in [-0.4, -0.2) is 4.98 Å². The van der Waals surface area contributed by atoms with Gasteiger partial charge in [-0.2, -0.15) is 0 Å². The first kappa shape index (κ1) is 29.4. The Morgan fingerprint density at radius 2 is 1.08 bits per heavy atom. The third kappa shape index (κ3) is 5.16. The highest BCUT2D eigenvalue weighted by Gasteiger charge is 2.21. The van der Waals surface area contributed by atoms with Crippen molar-refractivity contribution < 1.29 is 4.42 Å². The molecule has 0 fully saturated rings. The maximum Gasteiger partial charge on any atom is 0.227 e. The van der Waals surface area contributed by atoms with E-state index in [1.54, 1.807) is 11.3 Å². The average molecular weight is 671 g/mol. The molecule has 0 saturated carbocycles. The number of fused-ring (bicyclic) bond motifs is 6. The lowest BCUT2D eigenvalue weighted by Crippen LogP contribution is -2.10. The van der Waals surface area contributed by atoms with Crippen LogP contribution in [0.4, 0.5) is 17.1 Å². The summed E-state index contributed by atoms with van der Waals surface area (Å²) in [7, 11) is 0. The Bertz CT molecular complexity index is 2840. The van der Waals surface area contributed by atoms with Crippen LogP contribution in [0.25, 0.3) is 75.8 Å². The van der Waals surface area contributed by atoms with E-state index in [2.05, 4.69) is 181 Å². The molecule has 0 aliphatic heterocycles. The van der Waals surface area contributed by atoms with Crippen molar-refractivity contribution in [3.63, 3.8) is 0 Å². The van der Waals surface area contributed by atoms with Crippen molar-refractivity contribution in [2.45, 2.75) is 0 Å². The summed E-state index contributed by atoms with van der Waals surface area (Å²) in [5.41, 5.74) is 10.7. The largest absolute Gasteiger partial charge is 0.435 e. The lowest BCUT2D eigenvalue weighted by atomic mass is 10.0. The Balaban J connectivity index is 1.12. The van der Waals surface area contributed by atoms with Crippen LogP contribution in [0.15, 0.2) is 186 Å². The van der Waals surface area contributed by atoms with Gasteiger partial charge in [0.05, 0.1) is 10.4 Å². The van der Waals surface area contributed by atoms with Gasteiger partial charge < -0.3 is 9.32 Å². The smallest absolute Gasteiger partial charge is 0.227 e. The molecule has 2 aromatic heterocycles. The molecule has 0 amide bonds. The van der Waals surface area contributed by atoms with Crippen LogP contribution >= 0.6 is 11.3 Å². The second-order valence-corrected chi connectivity index (χ2v) is 13.8. The molecule has 0 spiro atoms. The number of hydrogen-bond acceptors (Lipinski definition) is 4. The fourth-order valence-electron chi connectivity index (χ4n) is 7.16. The van der Waals surface area contributed by atoms with Crippen LogP contribution in [0.5, 0.6) is 0 Å². The van der Waals surface area contributed by atoms with Gasteiger partial charge in [0.2, 0.25) is 5.89 Å². The number of aromatic nitrogens is 1. The molecule has 0 unspecified atom stereocenters. The minimum absolute atomic E-state index is 0.629.